The number of rotatable bonds is 4. The minimum absolute atomic E-state index is 0.126. The van der Waals surface area contributed by atoms with Crippen LogP contribution in [0.4, 0.5) is 5.82 Å². The second-order valence-electron chi connectivity index (χ2n) is 5.93. The second-order valence-corrected chi connectivity index (χ2v) is 7.94. The molecule has 3 aromatic rings. The van der Waals surface area contributed by atoms with Gasteiger partial charge in [-0.15, -0.1) is 0 Å². The van der Waals surface area contributed by atoms with Crippen molar-refractivity contribution in [3.8, 4) is 11.8 Å². The van der Waals surface area contributed by atoms with Gasteiger partial charge in [-0.1, -0.05) is 6.07 Å². The number of nitrogen functional groups attached to an aromatic ring is 1. The summed E-state index contributed by atoms with van der Waals surface area (Å²) in [5.74, 6) is -0.242. The lowest BCUT2D eigenvalue weighted by Gasteiger charge is -2.10. The van der Waals surface area contributed by atoms with E-state index in [0.717, 1.165) is 6.26 Å². The number of nitrogens with zero attached hydrogens (tertiary/aromatic N) is 2. The molecule has 0 aliphatic heterocycles. The zero-order valence-electron chi connectivity index (χ0n) is 14.8. The van der Waals surface area contributed by atoms with Crippen LogP contribution in [-0.4, -0.2) is 31.8 Å². The molecule has 0 atom stereocenters. The molecule has 3 rings (SSSR count). The molecule has 1 heterocycles. The monoisotopic (exact) mass is 383 g/mol. The number of sulfone groups is 1. The number of carbonyl (C=O) groups excluding carboxylic acids is 1. The highest BCUT2D eigenvalue weighted by Gasteiger charge is 2.19. The lowest BCUT2D eigenvalue weighted by molar-refractivity contribution is 0.0526. The van der Waals surface area contributed by atoms with Crippen LogP contribution < -0.4 is 5.73 Å². The van der Waals surface area contributed by atoms with E-state index < -0.39 is 15.8 Å². The number of aromatic nitrogens is 1. The van der Waals surface area contributed by atoms with Crippen molar-refractivity contribution in [3.63, 3.8) is 0 Å². The van der Waals surface area contributed by atoms with E-state index in [4.69, 9.17) is 10.5 Å². The summed E-state index contributed by atoms with van der Waals surface area (Å²) >= 11 is 0. The Hall–Kier alpha value is -3.31. The van der Waals surface area contributed by atoms with E-state index in [1.165, 1.54) is 12.1 Å². The molecule has 0 saturated carbocycles. The summed E-state index contributed by atoms with van der Waals surface area (Å²) in [6, 6.07) is 13.1. The zero-order chi connectivity index (χ0) is 19.8. The Balaban J connectivity index is 2.23. The zero-order valence-corrected chi connectivity index (χ0v) is 15.6. The van der Waals surface area contributed by atoms with Gasteiger partial charge in [-0.2, -0.15) is 5.26 Å². The summed E-state index contributed by atoms with van der Waals surface area (Å²) in [7, 11) is -3.43. The van der Waals surface area contributed by atoms with Gasteiger partial charge in [0.25, 0.3) is 0 Å². The molecule has 2 aromatic carbocycles. The molecular formula is C19H17N3O4S. The molecule has 0 amide bonds. The van der Waals surface area contributed by atoms with Gasteiger partial charge in [0.15, 0.2) is 9.84 Å². The van der Waals surface area contributed by atoms with E-state index in [1.54, 1.807) is 41.8 Å². The molecule has 2 N–H and O–H groups in total. The Labute approximate surface area is 156 Å². The van der Waals surface area contributed by atoms with Crippen LogP contribution in [0.2, 0.25) is 0 Å². The lowest BCUT2D eigenvalue weighted by Crippen LogP contribution is -2.06. The topological polar surface area (TPSA) is 115 Å². The predicted octanol–water partition coefficient (Wildman–Crippen LogP) is 2.66. The molecule has 138 valence electrons. The Kier molecular flexibility index (Phi) is 4.64. The maximum absolute atomic E-state index is 11.9. The summed E-state index contributed by atoms with van der Waals surface area (Å²) in [4.78, 5) is 11.9. The highest BCUT2D eigenvalue weighted by atomic mass is 32.2. The molecule has 0 fully saturated rings. The number of nitrogens with two attached hydrogens (primary N) is 1. The number of hydrogen-bond donors (Lipinski definition) is 1. The van der Waals surface area contributed by atoms with Gasteiger partial charge in [0.2, 0.25) is 0 Å². The first-order valence-corrected chi connectivity index (χ1v) is 9.98. The first-order valence-electron chi connectivity index (χ1n) is 8.09. The fraction of sp³-hybridized carbons (Fsp3) is 0.158. The Morgan fingerprint density at radius 2 is 1.89 bits per heavy atom. The van der Waals surface area contributed by atoms with Gasteiger partial charge in [0, 0.05) is 17.3 Å². The number of benzene rings is 2. The molecule has 0 radical (unpaired) electrons. The van der Waals surface area contributed by atoms with Crippen LogP contribution in [-0.2, 0) is 14.6 Å². The Morgan fingerprint density at radius 1 is 1.22 bits per heavy atom. The normalized spacial score (nSPS) is 11.3. The third-order valence-corrected chi connectivity index (χ3v) is 5.26. The molecule has 0 bridgehead atoms. The van der Waals surface area contributed by atoms with Crippen molar-refractivity contribution < 1.29 is 17.9 Å². The number of fused-ring (bicyclic) bond motifs is 1. The van der Waals surface area contributed by atoms with E-state index in [1.807, 2.05) is 0 Å². The fourth-order valence-corrected chi connectivity index (χ4v) is 3.52. The quantitative estimate of drug-likeness (QED) is 0.693. The molecule has 27 heavy (non-hydrogen) atoms. The molecule has 7 nitrogen and oxygen atoms in total. The van der Waals surface area contributed by atoms with Crippen molar-refractivity contribution >= 4 is 32.5 Å². The first kappa shape index (κ1) is 18.5. The largest absolute Gasteiger partial charge is 0.462 e. The van der Waals surface area contributed by atoms with Crippen LogP contribution in [0.5, 0.6) is 0 Å². The Bertz CT molecular complexity index is 1190. The molecular weight excluding hydrogens is 366 g/mol. The van der Waals surface area contributed by atoms with Gasteiger partial charge in [-0.05, 0) is 43.3 Å². The summed E-state index contributed by atoms with van der Waals surface area (Å²) in [5.41, 5.74) is 7.90. The van der Waals surface area contributed by atoms with Crippen LogP contribution in [0.15, 0.2) is 47.4 Å². The second kappa shape index (κ2) is 6.78. The average molecular weight is 383 g/mol. The van der Waals surface area contributed by atoms with Gasteiger partial charge in [-0.25, -0.2) is 13.2 Å². The number of esters is 1. The van der Waals surface area contributed by atoms with Crippen molar-refractivity contribution in [2.24, 2.45) is 0 Å². The van der Waals surface area contributed by atoms with E-state index >= 15 is 0 Å². The van der Waals surface area contributed by atoms with Crippen molar-refractivity contribution in [2.75, 3.05) is 18.6 Å². The van der Waals surface area contributed by atoms with Crippen LogP contribution in [0, 0.1) is 11.3 Å². The van der Waals surface area contributed by atoms with Gasteiger partial charge < -0.3 is 10.5 Å². The average Bonchev–Trinajstić information content (AvgIpc) is 2.91. The standard InChI is InChI=1S/C19H17N3O4S/c1-3-26-19(23)12-4-6-13(7-5-12)22-17-10-14(27(2,24)25)8-9-15(17)16(11-20)18(22)21/h4-10H,3,21H2,1-2H3. The molecule has 0 spiro atoms. The minimum Gasteiger partial charge on any atom is -0.462 e. The summed E-state index contributed by atoms with van der Waals surface area (Å²) in [6.07, 6.45) is 1.12. The van der Waals surface area contributed by atoms with Crippen LogP contribution in [0.25, 0.3) is 16.6 Å². The highest BCUT2D eigenvalue weighted by Crippen LogP contribution is 2.32. The summed E-state index contributed by atoms with van der Waals surface area (Å²) in [5, 5.41) is 10.0. The number of hydrogen-bond acceptors (Lipinski definition) is 6. The van der Waals surface area contributed by atoms with Crippen molar-refractivity contribution in [1.82, 2.24) is 4.57 Å². The molecule has 0 saturated heterocycles. The van der Waals surface area contributed by atoms with E-state index in [0.29, 0.717) is 22.2 Å². The molecule has 8 heteroatoms. The smallest absolute Gasteiger partial charge is 0.338 e. The third kappa shape index (κ3) is 3.25. The van der Waals surface area contributed by atoms with Gasteiger partial charge >= 0.3 is 5.97 Å². The highest BCUT2D eigenvalue weighted by molar-refractivity contribution is 7.90. The molecule has 0 aliphatic rings. The van der Waals surface area contributed by atoms with Crippen LogP contribution >= 0.6 is 0 Å². The molecule has 1 aromatic heterocycles. The SMILES string of the molecule is CCOC(=O)c1ccc(-n2c(N)c(C#N)c3ccc(S(C)(=O)=O)cc32)cc1. The van der Waals surface area contributed by atoms with E-state index in [9.17, 15) is 18.5 Å². The van der Waals surface area contributed by atoms with Crippen LogP contribution in [0.1, 0.15) is 22.8 Å². The lowest BCUT2D eigenvalue weighted by atomic mass is 10.2. The summed E-state index contributed by atoms with van der Waals surface area (Å²) in [6.45, 7) is 2.00. The van der Waals surface area contributed by atoms with Crippen molar-refractivity contribution in [1.29, 1.82) is 5.26 Å². The van der Waals surface area contributed by atoms with Crippen molar-refractivity contribution in [3.05, 3.63) is 53.6 Å². The molecule has 0 aliphatic carbocycles. The fourth-order valence-electron chi connectivity index (χ4n) is 2.87. The van der Waals surface area contributed by atoms with Gasteiger partial charge in [-0.3, -0.25) is 4.57 Å². The first-order chi connectivity index (χ1) is 12.8. The number of carbonyl (C=O) groups is 1. The third-order valence-electron chi connectivity index (χ3n) is 4.15. The van der Waals surface area contributed by atoms with Gasteiger partial charge in [0.05, 0.1) is 22.6 Å². The Morgan fingerprint density at radius 3 is 2.44 bits per heavy atom. The number of nitriles is 1. The summed E-state index contributed by atoms with van der Waals surface area (Å²) < 4.78 is 30.4. The van der Waals surface area contributed by atoms with Crippen molar-refractivity contribution in [2.45, 2.75) is 11.8 Å². The number of anilines is 1. The minimum atomic E-state index is -3.43. The maximum atomic E-state index is 11.9. The molecule has 0 unspecified atom stereocenters. The van der Waals surface area contributed by atoms with E-state index in [2.05, 4.69) is 6.07 Å². The van der Waals surface area contributed by atoms with Gasteiger partial charge in [0.1, 0.15) is 17.5 Å². The van der Waals surface area contributed by atoms with Crippen LogP contribution in [0.3, 0.4) is 0 Å². The number of ether oxygens (including phenoxy) is 1. The predicted molar refractivity (Wildman–Crippen MR) is 101 cm³/mol. The maximum Gasteiger partial charge on any atom is 0.338 e. The van der Waals surface area contributed by atoms with E-state index in [-0.39, 0.29) is 22.9 Å².